The predicted octanol–water partition coefficient (Wildman–Crippen LogP) is 4.88. The van der Waals surface area contributed by atoms with Crippen molar-refractivity contribution in [2.24, 2.45) is 5.92 Å². The quantitative estimate of drug-likeness (QED) is 0.332. The van der Waals surface area contributed by atoms with Crippen LogP contribution in [0.15, 0.2) is 95.9 Å². The largest absolute Gasteiger partial charge is 0.465 e. The zero-order valence-corrected chi connectivity index (χ0v) is 22.2. The van der Waals surface area contributed by atoms with Gasteiger partial charge in [-0.15, -0.1) is 0 Å². The molecule has 8 heteroatoms. The smallest absolute Gasteiger partial charge is 0.407 e. The third-order valence-corrected chi connectivity index (χ3v) is 8.18. The Balaban J connectivity index is 1.95. The van der Waals surface area contributed by atoms with Crippen molar-refractivity contribution in [3.63, 3.8) is 0 Å². The lowest BCUT2D eigenvalue weighted by Gasteiger charge is -2.35. The molecule has 198 valence electrons. The maximum atomic E-state index is 13.5. The molecule has 0 heterocycles. The van der Waals surface area contributed by atoms with E-state index in [9.17, 15) is 23.4 Å². The number of hydrogen-bond acceptors (Lipinski definition) is 4. The van der Waals surface area contributed by atoms with Gasteiger partial charge in [0.1, 0.15) is 0 Å². The summed E-state index contributed by atoms with van der Waals surface area (Å²) in [5.74, 6) is 0.249. The minimum Gasteiger partial charge on any atom is -0.465 e. The number of amides is 1. The summed E-state index contributed by atoms with van der Waals surface area (Å²) in [5, 5.41) is 21.7. The van der Waals surface area contributed by atoms with Gasteiger partial charge in [-0.25, -0.2) is 13.2 Å². The van der Waals surface area contributed by atoms with Crippen LogP contribution in [0, 0.1) is 5.92 Å². The van der Waals surface area contributed by atoms with E-state index in [2.05, 4.69) is 0 Å². The van der Waals surface area contributed by atoms with E-state index < -0.39 is 28.3 Å². The Hall–Kier alpha value is -3.20. The predicted molar refractivity (Wildman–Crippen MR) is 145 cm³/mol. The number of aliphatic hydroxyl groups excluding tert-OH is 1. The fourth-order valence-electron chi connectivity index (χ4n) is 4.20. The molecule has 2 atom stereocenters. The van der Waals surface area contributed by atoms with Gasteiger partial charge >= 0.3 is 6.09 Å². The number of benzene rings is 3. The Morgan fingerprint density at radius 3 is 1.86 bits per heavy atom. The summed E-state index contributed by atoms with van der Waals surface area (Å²) in [6.07, 6.45) is -1.59. The first kappa shape index (κ1) is 28.4. The highest BCUT2D eigenvalue weighted by Crippen LogP contribution is 2.22. The first-order valence-corrected chi connectivity index (χ1v) is 13.9. The molecule has 2 N–H and O–H groups in total. The molecule has 0 aromatic heterocycles. The molecule has 1 amide bonds. The summed E-state index contributed by atoms with van der Waals surface area (Å²) in [4.78, 5) is 13.8. The van der Waals surface area contributed by atoms with E-state index in [0.717, 1.165) is 11.1 Å². The summed E-state index contributed by atoms with van der Waals surface area (Å²) in [5.41, 5.74) is 1.63. The number of carbonyl (C=O) groups is 1. The van der Waals surface area contributed by atoms with Gasteiger partial charge in [0.2, 0.25) is 10.0 Å². The monoisotopic (exact) mass is 524 g/mol. The Morgan fingerprint density at radius 2 is 1.35 bits per heavy atom. The molecule has 0 fully saturated rings. The van der Waals surface area contributed by atoms with Crippen LogP contribution in [0.25, 0.3) is 0 Å². The summed E-state index contributed by atoms with van der Waals surface area (Å²) >= 11 is 0. The van der Waals surface area contributed by atoms with E-state index in [1.54, 1.807) is 18.2 Å². The maximum Gasteiger partial charge on any atom is 0.407 e. The van der Waals surface area contributed by atoms with Crippen molar-refractivity contribution in [3.8, 4) is 0 Å². The van der Waals surface area contributed by atoms with Crippen molar-refractivity contribution in [1.29, 1.82) is 0 Å². The molecule has 0 radical (unpaired) electrons. The molecule has 3 aromatic carbocycles. The fourth-order valence-corrected chi connectivity index (χ4v) is 5.69. The number of nitrogens with zero attached hydrogens (tertiary/aromatic N) is 2. The van der Waals surface area contributed by atoms with Crippen LogP contribution in [-0.4, -0.2) is 59.2 Å². The molecule has 0 saturated heterocycles. The molecular formula is C29H36N2O5S. The van der Waals surface area contributed by atoms with Gasteiger partial charge in [0.25, 0.3) is 0 Å². The van der Waals surface area contributed by atoms with Crippen molar-refractivity contribution in [2.45, 2.75) is 50.3 Å². The van der Waals surface area contributed by atoms with Gasteiger partial charge in [-0.2, -0.15) is 4.31 Å². The van der Waals surface area contributed by atoms with Crippen molar-refractivity contribution in [3.05, 3.63) is 102 Å². The van der Waals surface area contributed by atoms with Gasteiger partial charge in [-0.1, -0.05) is 92.7 Å². The number of carboxylic acid groups (broad SMARTS) is 1. The van der Waals surface area contributed by atoms with Crippen molar-refractivity contribution >= 4 is 16.1 Å². The highest BCUT2D eigenvalue weighted by atomic mass is 32.2. The molecule has 0 unspecified atom stereocenters. The molecule has 7 nitrogen and oxygen atoms in total. The molecule has 0 bridgehead atoms. The molecule has 0 aliphatic rings. The minimum atomic E-state index is -3.90. The first-order chi connectivity index (χ1) is 17.7. The zero-order valence-electron chi connectivity index (χ0n) is 21.3. The molecule has 37 heavy (non-hydrogen) atoms. The summed E-state index contributed by atoms with van der Waals surface area (Å²) in [7, 11) is -3.90. The van der Waals surface area contributed by atoms with Gasteiger partial charge in [-0.05, 0) is 42.0 Å². The van der Waals surface area contributed by atoms with Gasteiger partial charge in [-0.3, -0.25) is 4.90 Å². The lowest BCUT2D eigenvalue weighted by atomic mass is 9.99. The highest BCUT2D eigenvalue weighted by molar-refractivity contribution is 7.89. The second-order valence-corrected chi connectivity index (χ2v) is 11.5. The number of sulfonamides is 1. The summed E-state index contributed by atoms with van der Waals surface area (Å²) in [6, 6.07) is 25.8. The third-order valence-electron chi connectivity index (χ3n) is 6.30. The van der Waals surface area contributed by atoms with E-state index in [-0.39, 0.29) is 36.9 Å². The van der Waals surface area contributed by atoms with Gasteiger partial charge in [0.05, 0.1) is 17.0 Å². The van der Waals surface area contributed by atoms with Crippen LogP contribution in [-0.2, 0) is 23.0 Å². The number of hydrogen-bond donors (Lipinski definition) is 2. The SMILES string of the molecule is CC(C)CCN(C[C@@H](O)[C@H](Cc1ccccc1)N(Cc1ccccc1)C(=O)O)S(=O)(=O)c1ccccc1. The minimum absolute atomic E-state index is 0.0716. The Labute approximate surface area is 220 Å². The third kappa shape index (κ3) is 8.15. The second kappa shape index (κ2) is 13.4. The van der Waals surface area contributed by atoms with Crippen molar-refractivity contribution in [2.75, 3.05) is 13.1 Å². The van der Waals surface area contributed by atoms with Crippen LogP contribution in [0.1, 0.15) is 31.4 Å². The number of rotatable bonds is 13. The van der Waals surface area contributed by atoms with Crippen LogP contribution in [0.2, 0.25) is 0 Å². The van der Waals surface area contributed by atoms with Crippen LogP contribution in [0.3, 0.4) is 0 Å². The molecule has 0 spiro atoms. The van der Waals surface area contributed by atoms with Crippen LogP contribution >= 0.6 is 0 Å². The Bertz CT molecular complexity index is 1200. The van der Waals surface area contributed by atoms with E-state index in [4.69, 9.17) is 0 Å². The first-order valence-electron chi connectivity index (χ1n) is 12.5. The molecular weight excluding hydrogens is 488 g/mol. The van der Waals surface area contributed by atoms with E-state index in [0.29, 0.717) is 6.42 Å². The maximum absolute atomic E-state index is 13.5. The topological polar surface area (TPSA) is 98.2 Å². The average Bonchev–Trinajstić information content (AvgIpc) is 2.89. The molecule has 0 saturated carbocycles. The molecule has 0 aliphatic carbocycles. The fraction of sp³-hybridized carbons (Fsp3) is 0.345. The van der Waals surface area contributed by atoms with Gasteiger partial charge < -0.3 is 10.2 Å². The normalized spacial score (nSPS) is 13.4. The van der Waals surface area contributed by atoms with E-state index >= 15 is 0 Å². The second-order valence-electron chi connectivity index (χ2n) is 9.58. The zero-order chi connectivity index (χ0) is 26.8. The van der Waals surface area contributed by atoms with Crippen molar-refractivity contribution < 1.29 is 23.4 Å². The van der Waals surface area contributed by atoms with E-state index in [1.807, 2.05) is 74.5 Å². The molecule has 0 aliphatic heterocycles. The van der Waals surface area contributed by atoms with E-state index in [1.165, 1.54) is 21.3 Å². The molecule has 3 rings (SSSR count). The van der Waals surface area contributed by atoms with Gasteiger partial charge in [0, 0.05) is 19.6 Å². The lowest BCUT2D eigenvalue weighted by molar-refractivity contribution is 0.0343. The van der Waals surface area contributed by atoms with Gasteiger partial charge in [0.15, 0.2) is 0 Å². The average molecular weight is 525 g/mol. The standard InChI is InChI=1S/C29H36N2O5S/c1-23(2)18-19-30(37(35,36)26-16-10-5-11-17-26)22-28(32)27(20-24-12-6-3-7-13-24)31(29(33)34)21-25-14-8-4-9-15-25/h3-17,23,27-28,32H,18-22H2,1-2H3,(H,33,34)/t27-,28+/m0/s1. The molecule has 3 aromatic rings. The lowest BCUT2D eigenvalue weighted by Crippen LogP contribution is -2.52. The van der Waals surface area contributed by atoms with Crippen molar-refractivity contribution in [1.82, 2.24) is 9.21 Å². The van der Waals surface area contributed by atoms with Crippen LogP contribution < -0.4 is 0 Å². The number of aliphatic hydroxyl groups is 1. The Morgan fingerprint density at radius 1 is 0.838 bits per heavy atom. The summed E-state index contributed by atoms with van der Waals surface area (Å²) < 4.78 is 28.4. The Kier molecular flexibility index (Phi) is 10.3. The highest BCUT2D eigenvalue weighted by Gasteiger charge is 2.34. The van der Waals surface area contributed by atoms with Crippen LogP contribution in [0.5, 0.6) is 0 Å². The summed E-state index contributed by atoms with van der Waals surface area (Å²) in [6.45, 7) is 4.08. The van der Waals surface area contributed by atoms with Crippen LogP contribution in [0.4, 0.5) is 4.79 Å².